The summed E-state index contributed by atoms with van der Waals surface area (Å²) in [6.07, 6.45) is 9.36. The van der Waals surface area contributed by atoms with E-state index < -0.39 is 0 Å². The molecule has 3 heteroatoms. The van der Waals surface area contributed by atoms with Crippen molar-refractivity contribution in [1.82, 2.24) is 5.32 Å². The number of aliphatic hydroxyl groups is 1. The van der Waals surface area contributed by atoms with Crippen LogP contribution in [0.2, 0.25) is 0 Å². The second-order valence-corrected chi connectivity index (χ2v) is 7.10. The zero-order chi connectivity index (χ0) is 15.2. The van der Waals surface area contributed by atoms with Crippen LogP contribution in [0.3, 0.4) is 0 Å². The normalized spacial score (nSPS) is 35.4. The molecule has 1 amide bonds. The monoisotopic (exact) mass is 297 g/mol. The molecule has 0 bridgehead atoms. The SMILES string of the molecule is O=C(N[C@@H]1C=C[C@H](CO)C1)C1CC12CCCc1ccccc12. The van der Waals surface area contributed by atoms with Crippen LogP contribution in [-0.2, 0) is 16.6 Å². The van der Waals surface area contributed by atoms with Gasteiger partial charge in [0.05, 0.1) is 0 Å². The third-order valence-electron chi connectivity index (χ3n) is 5.75. The Morgan fingerprint density at radius 3 is 3.00 bits per heavy atom. The Hall–Kier alpha value is -1.61. The number of benzene rings is 1. The minimum Gasteiger partial charge on any atom is -0.396 e. The summed E-state index contributed by atoms with van der Waals surface area (Å²) in [6.45, 7) is 0.170. The van der Waals surface area contributed by atoms with Crippen molar-refractivity contribution in [3.8, 4) is 0 Å². The highest BCUT2D eigenvalue weighted by Crippen LogP contribution is 2.60. The molecular weight excluding hydrogens is 274 g/mol. The molecule has 1 fully saturated rings. The molecule has 1 spiro atoms. The fourth-order valence-electron chi connectivity index (χ4n) is 4.48. The minimum absolute atomic E-state index is 0.0983. The number of hydrogen-bond acceptors (Lipinski definition) is 2. The lowest BCUT2D eigenvalue weighted by Crippen LogP contribution is -2.36. The van der Waals surface area contributed by atoms with Crippen LogP contribution in [0.4, 0.5) is 0 Å². The van der Waals surface area contributed by atoms with Crippen LogP contribution in [0.1, 0.15) is 36.8 Å². The molecule has 0 radical (unpaired) electrons. The Balaban J connectivity index is 1.46. The van der Waals surface area contributed by atoms with Gasteiger partial charge in [0, 0.05) is 29.9 Å². The number of aryl methyl sites for hydroxylation is 1. The van der Waals surface area contributed by atoms with E-state index in [-0.39, 0.29) is 35.8 Å². The molecule has 0 saturated heterocycles. The van der Waals surface area contributed by atoms with E-state index in [9.17, 15) is 9.90 Å². The van der Waals surface area contributed by atoms with Gasteiger partial charge in [-0.15, -0.1) is 0 Å². The predicted molar refractivity (Wildman–Crippen MR) is 85.4 cm³/mol. The summed E-state index contributed by atoms with van der Waals surface area (Å²) in [5.74, 6) is 0.536. The van der Waals surface area contributed by atoms with Crippen molar-refractivity contribution in [2.75, 3.05) is 6.61 Å². The summed E-state index contributed by atoms with van der Waals surface area (Å²) in [6, 6.07) is 8.74. The number of carbonyl (C=O) groups excluding carboxylic acids is 1. The largest absolute Gasteiger partial charge is 0.396 e. The first-order valence-electron chi connectivity index (χ1n) is 8.41. The molecule has 4 atom stereocenters. The lowest BCUT2D eigenvalue weighted by Gasteiger charge is -2.26. The molecule has 1 aromatic rings. The van der Waals surface area contributed by atoms with Gasteiger partial charge in [0.1, 0.15) is 0 Å². The van der Waals surface area contributed by atoms with E-state index in [2.05, 4.69) is 29.6 Å². The van der Waals surface area contributed by atoms with Crippen LogP contribution in [0.5, 0.6) is 0 Å². The zero-order valence-corrected chi connectivity index (χ0v) is 12.8. The molecule has 2 unspecified atom stereocenters. The number of fused-ring (bicyclic) bond motifs is 2. The topological polar surface area (TPSA) is 49.3 Å². The summed E-state index contributed by atoms with van der Waals surface area (Å²) in [5, 5.41) is 12.4. The summed E-state index contributed by atoms with van der Waals surface area (Å²) < 4.78 is 0. The third kappa shape index (κ3) is 2.19. The van der Waals surface area contributed by atoms with Crippen molar-refractivity contribution in [3.05, 3.63) is 47.5 Å². The number of nitrogens with one attached hydrogen (secondary N) is 1. The summed E-state index contributed by atoms with van der Waals surface area (Å²) >= 11 is 0. The van der Waals surface area contributed by atoms with E-state index in [1.54, 1.807) is 0 Å². The maximum absolute atomic E-state index is 12.6. The second kappa shape index (κ2) is 5.24. The average Bonchev–Trinajstić information content (AvgIpc) is 3.08. The van der Waals surface area contributed by atoms with Gasteiger partial charge in [-0.3, -0.25) is 4.79 Å². The van der Waals surface area contributed by atoms with E-state index >= 15 is 0 Å². The first-order valence-corrected chi connectivity index (χ1v) is 8.41. The molecule has 0 heterocycles. The summed E-state index contributed by atoms with van der Waals surface area (Å²) in [4.78, 5) is 12.6. The molecule has 0 aromatic heterocycles. The molecule has 22 heavy (non-hydrogen) atoms. The Kier molecular flexibility index (Phi) is 3.33. The quantitative estimate of drug-likeness (QED) is 0.841. The molecule has 1 aromatic carbocycles. The van der Waals surface area contributed by atoms with Crippen molar-refractivity contribution in [1.29, 1.82) is 0 Å². The van der Waals surface area contributed by atoms with Gasteiger partial charge in [-0.2, -0.15) is 0 Å². The Labute approximate surface area is 131 Å². The summed E-state index contributed by atoms with van der Waals surface area (Å²) in [7, 11) is 0. The highest BCUT2D eigenvalue weighted by Gasteiger charge is 2.60. The Bertz CT molecular complexity index is 624. The van der Waals surface area contributed by atoms with Gasteiger partial charge in [-0.1, -0.05) is 36.4 Å². The van der Waals surface area contributed by atoms with Crippen LogP contribution in [0.25, 0.3) is 0 Å². The maximum Gasteiger partial charge on any atom is 0.224 e. The molecule has 3 aliphatic rings. The molecule has 116 valence electrons. The predicted octanol–water partition coefficient (Wildman–Crippen LogP) is 2.33. The van der Waals surface area contributed by atoms with Crippen molar-refractivity contribution >= 4 is 5.91 Å². The number of hydrogen-bond donors (Lipinski definition) is 2. The molecule has 3 aliphatic carbocycles. The van der Waals surface area contributed by atoms with Gasteiger partial charge in [0.25, 0.3) is 0 Å². The van der Waals surface area contributed by atoms with Crippen molar-refractivity contribution in [2.45, 2.75) is 43.6 Å². The number of carbonyl (C=O) groups is 1. The van der Waals surface area contributed by atoms with E-state index in [4.69, 9.17) is 0 Å². The van der Waals surface area contributed by atoms with Crippen LogP contribution in [-0.4, -0.2) is 23.7 Å². The first-order chi connectivity index (χ1) is 10.7. The average molecular weight is 297 g/mol. The molecule has 1 saturated carbocycles. The zero-order valence-electron chi connectivity index (χ0n) is 12.8. The van der Waals surface area contributed by atoms with E-state index in [1.807, 2.05) is 12.2 Å². The Morgan fingerprint density at radius 1 is 1.32 bits per heavy atom. The highest BCUT2D eigenvalue weighted by atomic mass is 16.3. The molecule has 4 rings (SSSR count). The molecular formula is C19H23NO2. The highest BCUT2D eigenvalue weighted by molar-refractivity contribution is 5.85. The van der Waals surface area contributed by atoms with Gasteiger partial charge in [0.2, 0.25) is 5.91 Å². The van der Waals surface area contributed by atoms with Crippen LogP contribution in [0.15, 0.2) is 36.4 Å². The summed E-state index contributed by atoms with van der Waals surface area (Å²) in [5.41, 5.74) is 2.96. The van der Waals surface area contributed by atoms with Crippen LogP contribution in [0, 0.1) is 11.8 Å². The maximum atomic E-state index is 12.6. The third-order valence-corrected chi connectivity index (χ3v) is 5.75. The number of amides is 1. The van der Waals surface area contributed by atoms with Crippen molar-refractivity contribution in [3.63, 3.8) is 0 Å². The number of rotatable bonds is 3. The minimum atomic E-state index is 0.0983. The lowest BCUT2D eigenvalue weighted by molar-refractivity contribution is -0.123. The van der Waals surface area contributed by atoms with Crippen molar-refractivity contribution < 1.29 is 9.90 Å². The fourth-order valence-corrected chi connectivity index (χ4v) is 4.48. The van der Waals surface area contributed by atoms with E-state index in [0.29, 0.717) is 0 Å². The van der Waals surface area contributed by atoms with Crippen LogP contribution >= 0.6 is 0 Å². The lowest BCUT2D eigenvalue weighted by atomic mass is 9.78. The molecule has 2 N–H and O–H groups in total. The van der Waals surface area contributed by atoms with Gasteiger partial charge >= 0.3 is 0 Å². The number of aliphatic hydroxyl groups excluding tert-OH is 1. The van der Waals surface area contributed by atoms with Gasteiger partial charge < -0.3 is 10.4 Å². The van der Waals surface area contributed by atoms with E-state index in [0.717, 1.165) is 25.7 Å². The first kappa shape index (κ1) is 14.0. The van der Waals surface area contributed by atoms with Gasteiger partial charge in [-0.05, 0) is 43.2 Å². The van der Waals surface area contributed by atoms with Crippen LogP contribution < -0.4 is 5.32 Å². The molecule has 3 nitrogen and oxygen atoms in total. The van der Waals surface area contributed by atoms with Crippen molar-refractivity contribution in [2.24, 2.45) is 11.8 Å². The van der Waals surface area contributed by atoms with Gasteiger partial charge in [-0.25, -0.2) is 0 Å². The second-order valence-electron chi connectivity index (χ2n) is 7.10. The standard InChI is InChI=1S/C19H23NO2/c21-12-13-7-8-15(10-13)20-18(22)17-11-19(17)9-3-5-14-4-1-2-6-16(14)19/h1-2,4,6-8,13,15,17,21H,3,5,9-12H2,(H,20,22)/t13-,15+,17?,19?/m0/s1. The van der Waals surface area contributed by atoms with Gasteiger partial charge in [0.15, 0.2) is 0 Å². The smallest absolute Gasteiger partial charge is 0.224 e. The fraction of sp³-hybridized carbons (Fsp3) is 0.526. The Morgan fingerprint density at radius 2 is 2.18 bits per heavy atom. The van der Waals surface area contributed by atoms with E-state index in [1.165, 1.54) is 17.5 Å². The molecule has 0 aliphatic heterocycles.